The van der Waals surface area contributed by atoms with Crippen LogP contribution in [0.5, 0.6) is 0 Å². The molecule has 0 aliphatic rings. The Morgan fingerprint density at radius 1 is 1.28 bits per heavy atom. The molecule has 18 heavy (non-hydrogen) atoms. The minimum absolute atomic E-state index is 0.239. The van der Waals surface area contributed by atoms with Crippen LogP contribution in [0.25, 0.3) is 0 Å². The Kier molecular flexibility index (Phi) is 5.92. The number of benzene rings is 1. The number of carbonyl (C=O) groups is 2. The molecular weight excluding hydrogens is 248 g/mol. The van der Waals surface area contributed by atoms with E-state index in [1.165, 1.54) is 11.8 Å². The third-order valence-electron chi connectivity index (χ3n) is 2.68. The third kappa shape index (κ3) is 4.92. The van der Waals surface area contributed by atoms with Crippen molar-refractivity contribution in [2.24, 2.45) is 5.92 Å². The molecule has 3 nitrogen and oxygen atoms in total. The summed E-state index contributed by atoms with van der Waals surface area (Å²) < 4.78 is 0. The molecule has 1 rings (SSSR count). The van der Waals surface area contributed by atoms with Gasteiger partial charge in [-0.15, -0.1) is 11.8 Å². The molecule has 4 heteroatoms. The highest BCUT2D eigenvalue weighted by Gasteiger charge is 2.11. The lowest BCUT2D eigenvalue weighted by molar-refractivity contribution is -0.141. The van der Waals surface area contributed by atoms with Gasteiger partial charge in [0.15, 0.2) is 0 Å². The van der Waals surface area contributed by atoms with E-state index in [0.29, 0.717) is 18.6 Å². The molecular formula is C14H18O3S. The molecule has 0 fully saturated rings. The minimum Gasteiger partial charge on any atom is -0.481 e. The summed E-state index contributed by atoms with van der Waals surface area (Å²) in [4.78, 5) is 23.0. The molecule has 0 saturated carbocycles. The van der Waals surface area contributed by atoms with Gasteiger partial charge < -0.3 is 5.11 Å². The number of thioether (sulfide) groups is 1. The highest BCUT2D eigenvalue weighted by atomic mass is 32.2. The SMILES string of the molecule is CCC(=O)CSc1ccc(CC(C)C(=O)O)cc1. The number of carboxylic acids is 1. The standard InChI is InChI=1S/C14H18O3S/c1-3-12(15)9-18-13-6-4-11(5-7-13)8-10(2)14(16)17/h4-7,10H,3,8-9H2,1-2H3,(H,16,17). The molecule has 0 saturated heterocycles. The number of carboxylic acid groups (broad SMARTS) is 1. The van der Waals surface area contributed by atoms with E-state index in [-0.39, 0.29) is 11.7 Å². The summed E-state index contributed by atoms with van der Waals surface area (Å²) in [6.07, 6.45) is 1.11. The predicted octanol–water partition coefficient (Wildman–Crippen LogP) is 3.02. The molecule has 0 aromatic heterocycles. The van der Waals surface area contributed by atoms with Gasteiger partial charge in [-0.25, -0.2) is 0 Å². The molecule has 1 unspecified atom stereocenters. The molecule has 1 N–H and O–H groups in total. The van der Waals surface area contributed by atoms with Crippen molar-refractivity contribution >= 4 is 23.5 Å². The lowest BCUT2D eigenvalue weighted by Crippen LogP contribution is -2.12. The van der Waals surface area contributed by atoms with Gasteiger partial charge in [0.1, 0.15) is 5.78 Å². The molecule has 0 amide bonds. The van der Waals surface area contributed by atoms with Crippen molar-refractivity contribution in [1.29, 1.82) is 0 Å². The van der Waals surface area contributed by atoms with Gasteiger partial charge in [0.05, 0.1) is 11.7 Å². The average molecular weight is 266 g/mol. The van der Waals surface area contributed by atoms with Gasteiger partial charge in [-0.2, -0.15) is 0 Å². The number of aliphatic carboxylic acids is 1. The van der Waals surface area contributed by atoms with Gasteiger partial charge >= 0.3 is 5.97 Å². The van der Waals surface area contributed by atoms with Crippen LogP contribution in [0.1, 0.15) is 25.8 Å². The van der Waals surface area contributed by atoms with Crippen molar-refractivity contribution in [3.05, 3.63) is 29.8 Å². The van der Waals surface area contributed by atoms with Crippen LogP contribution in [0.3, 0.4) is 0 Å². The van der Waals surface area contributed by atoms with E-state index in [1.54, 1.807) is 6.92 Å². The molecule has 0 radical (unpaired) electrons. The summed E-state index contributed by atoms with van der Waals surface area (Å²) >= 11 is 1.52. The van der Waals surface area contributed by atoms with Gasteiger partial charge in [0, 0.05) is 11.3 Å². The number of Topliss-reactive ketones (excluding diaryl/α,β-unsaturated/α-hetero) is 1. The summed E-state index contributed by atoms with van der Waals surface area (Å²) in [5, 5.41) is 8.83. The van der Waals surface area contributed by atoms with Crippen molar-refractivity contribution in [2.45, 2.75) is 31.6 Å². The summed E-state index contributed by atoms with van der Waals surface area (Å²) in [6, 6.07) is 7.74. The van der Waals surface area contributed by atoms with Gasteiger partial charge in [-0.3, -0.25) is 9.59 Å². The maximum atomic E-state index is 11.2. The molecule has 0 aliphatic carbocycles. The Hall–Kier alpha value is -1.29. The lowest BCUT2D eigenvalue weighted by atomic mass is 10.0. The first kappa shape index (κ1) is 14.8. The Bertz CT molecular complexity index is 412. The number of hydrogen-bond acceptors (Lipinski definition) is 3. The molecule has 1 aromatic carbocycles. The van der Waals surface area contributed by atoms with Crippen LogP contribution >= 0.6 is 11.8 Å². The first-order chi connectivity index (χ1) is 8.52. The maximum absolute atomic E-state index is 11.2. The normalized spacial score (nSPS) is 12.1. The Morgan fingerprint density at radius 3 is 2.39 bits per heavy atom. The van der Waals surface area contributed by atoms with Crippen molar-refractivity contribution in [3.63, 3.8) is 0 Å². The lowest BCUT2D eigenvalue weighted by Gasteiger charge is -2.07. The van der Waals surface area contributed by atoms with E-state index in [1.807, 2.05) is 31.2 Å². The topological polar surface area (TPSA) is 54.4 Å². The van der Waals surface area contributed by atoms with E-state index < -0.39 is 5.97 Å². The average Bonchev–Trinajstić information content (AvgIpc) is 2.37. The summed E-state index contributed by atoms with van der Waals surface area (Å²) in [5.74, 6) is -0.405. The van der Waals surface area contributed by atoms with Crippen LogP contribution < -0.4 is 0 Å². The fourth-order valence-electron chi connectivity index (χ4n) is 1.43. The van der Waals surface area contributed by atoms with Gasteiger partial charge in [-0.05, 0) is 24.1 Å². The second-order valence-electron chi connectivity index (χ2n) is 4.27. The highest BCUT2D eigenvalue weighted by molar-refractivity contribution is 8.00. The zero-order valence-corrected chi connectivity index (χ0v) is 11.5. The molecule has 1 aromatic rings. The van der Waals surface area contributed by atoms with Crippen LogP contribution in [0, 0.1) is 5.92 Å². The second kappa shape index (κ2) is 7.21. The zero-order valence-electron chi connectivity index (χ0n) is 10.7. The number of hydrogen-bond donors (Lipinski definition) is 1. The predicted molar refractivity (Wildman–Crippen MR) is 73.0 cm³/mol. The molecule has 98 valence electrons. The van der Waals surface area contributed by atoms with E-state index in [2.05, 4.69) is 0 Å². The van der Waals surface area contributed by atoms with Crippen LogP contribution in [-0.2, 0) is 16.0 Å². The van der Waals surface area contributed by atoms with E-state index in [9.17, 15) is 9.59 Å². The van der Waals surface area contributed by atoms with Gasteiger partial charge in [0.2, 0.25) is 0 Å². The summed E-state index contributed by atoms with van der Waals surface area (Å²) in [6.45, 7) is 3.56. The largest absolute Gasteiger partial charge is 0.481 e. The molecule has 0 bridgehead atoms. The first-order valence-electron chi connectivity index (χ1n) is 5.99. The Labute approximate surface area is 112 Å². The highest BCUT2D eigenvalue weighted by Crippen LogP contribution is 2.20. The second-order valence-corrected chi connectivity index (χ2v) is 5.32. The Balaban J connectivity index is 2.52. The van der Waals surface area contributed by atoms with Crippen molar-refractivity contribution in [3.8, 4) is 0 Å². The van der Waals surface area contributed by atoms with Crippen molar-refractivity contribution in [2.75, 3.05) is 5.75 Å². The van der Waals surface area contributed by atoms with Crippen LogP contribution in [0.2, 0.25) is 0 Å². The molecule has 1 atom stereocenters. The smallest absolute Gasteiger partial charge is 0.306 e. The Morgan fingerprint density at radius 2 is 1.89 bits per heavy atom. The fourth-order valence-corrected chi connectivity index (χ4v) is 2.29. The van der Waals surface area contributed by atoms with E-state index in [0.717, 1.165) is 10.5 Å². The van der Waals surface area contributed by atoms with Gasteiger partial charge in [0.25, 0.3) is 0 Å². The number of carbonyl (C=O) groups excluding carboxylic acids is 1. The van der Waals surface area contributed by atoms with Crippen LogP contribution in [0.15, 0.2) is 29.2 Å². The van der Waals surface area contributed by atoms with E-state index in [4.69, 9.17) is 5.11 Å². The quantitative estimate of drug-likeness (QED) is 0.771. The summed E-state index contributed by atoms with van der Waals surface area (Å²) in [7, 11) is 0. The third-order valence-corrected chi connectivity index (χ3v) is 3.75. The molecule has 0 aliphatic heterocycles. The summed E-state index contributed by atoms with van der Waals surface area (Å²) in [5.41, 5.74) is 1.01. The maximum Gasteiger partial charge on any atom is 0.306 e. The molecule has 0 heterocycles. The monoisotopic (exact) mass is 266 g/mol. The first-order valence-corrected chi connectivity index (χ1v) is 6.97. The van der Waals surface area contributed by atoms with Crippen LogP contribution in [0.4, 0.5) is 0 Å². The number of ketones is 1. The van der Waals surface area contributed by atoms with E-state index >= 15 is 0 Å². The molecule has 0 spiro atoms. The van der Waals surface area contributed by atoms with Crippen LogP contribution in [-0.4, -0.2) is 22.6 Å². The minimum atomic E-state index is -0.776. The fraction of sp³-hybridized carbons (Fsp3) is 0.429. The number of rotatable bonds is 7. The van der Waals surface area contributed by atoms with Crippen molar-refractivity contribution < 1.29 is 14.7 Å². The van der Waals surface area contributed by atoms with Crippen molar-refractivity contribution in [1.82, 2.24) is 0 Å². The van der Waals surface area contributed by atoms with Gasteiger partial charge in [-0.1, -0.05) is 26.0 Å². The zero-order chi connectivity index (χ0) is 13.5.